The average molecular weight is 460 g/mol. The summed E-state index contributed by atoms with van der Waals surface area (Å²) >= 11 is 15.1. The van der Waals surface area contributed by atoms with Crippen LogP contribution in [0.4, 0.5) is 5.69 Å². The molecule has 0 aliphatic rings. The summed E-state index contributed by atoms with van der Waals surface area (Å²) in [5.41, 5.74) is 3.64. The molecule has 1 amide bonds. The number of hydrogen-bond acceptors (Lipinski definition) is 5. The van der Waals surface area contributed by atoms with E-state index >= 15 is 0 Å². The molecule has 2 aromatic carbocycles. The molecular weight excluding hydrogens is 445 g/mol. The van der Waals surface area contributed by atoms with Crippen LogP contribution in [0.25, 0.3) is 21.3 Å². The third-order valence-electron chi connectivity index (χ3n) is 4.37. The number of thiophene rings is 1. The Hall–Kier alpha value is -2.12. The molecule has 0 atom stereocenters. The number of nitrogens with zero attached hydrogens (tertiary/aromatic N) is 2. The van der Waals surface area contributed by atoms with Gasteiger partial charge in [-0.3, -0.25) is 4.79 Å². The number of hydrogen-bond donors (Lipinski definition) is 1. The minimum atomic E-state index is -0.115. The normalized spacial score (nSPS) is 11.0. The maximum absolute atomic E-state index is 12.5. The average Bonchev–Trinajstić information content (AvgIpc) is 3.15. The molecule has 146 valence electrons. The van der Waals surface area contributed by atoms with Gasteiger partial charge in [-0.25, -0.2) is 9.97 Å². The van der Waals surface area contributed by atoms with E-state index in [1.165, 1.54) is 18.1 Å². The molecule has 4 rings (SSSR count). The molecule has 0 saturated carbocycles. The van der Waals surface area contributed by atoms with Gasteiger partial charge in [0.2, 0.25) is 5.91 Å². The number of aromatic nitrogens is 2. The minimum Gasteiger partial charge on any atom is -0.325 e. The summed E-state index contributed by atoms with van der Waals surface area (Å²) in [7, 11) is 0. The Morgan fingerprint density at radius 1 is 1.14 bits per heavy atom. The van der Waals surface area contributed by atoms with Crippen LogP contribution < -0.4 is 5.32 Å². The lowest BCUT2D eigenvalue weighted by molar-refractivity contribution is -0.113. The highest BCUT2D eigenvalue weighted by Crippen LogP contribution is 2.38. The van der Waals surface area contributed by atoms with Crippen molar-refractivity contribution in [2.45, 2.75) is 11.9 Å². The van der Waals surface area contributed by atoms with Gasteiger partial charge in [-0.05, 0) is 42.3 Å². The van der Waals surface area contributed by atoms with E-state index in [2.05, 4.69) is 20.7 Å². The topological polar surface area (TPSA) is 54.9 Å². The van der Waals surface area contributed by atoms with Crippen molar-refractivity contribution in [3.63, 3.8) is 0 Å². The molecule has 0 unspecified atom stereocenters. The number of carbonyl (C=O) groups is 1. The van der Waals surface area contributed by atoms with E-state index in [1.54, 1.807) is 17.4 Å². The fourth-order valence-electron chi connectivity index (χ4n) is 2.86. The summed E-state index contributed by atoms with van der Waals surface area (Å²) < 4.78 is 0. The van der Waals surface area contributed by atoms with Gasteiger partial charge in [-0.2, -0.15) is 0 Å². The summed E-state index contributed by atoms with van der Waals surface area (Å²) in [6.07, 6.45) is 1.53. The lowest BCUT2D eigenvalue weighted by atomic mass is 10.1. The second-order valence-corrected chi connectivity index (χ2v) is 8.93. The van der Waals surface area contributed by atoms with Gasteiger partial charge in [0.25, 0.3) is 0 Å². The molecule has 0 fully saturated rings. The Morgan fingerprint density at radius 2 is 1.93 bits per heavy atom. The van der Waals surface area contributed by atoms with Crippen LogP contribution in [0.1, 0.15) is 5.56 Å². The number of benzene rings is 2. The van der Waals surface area contributed by atoms with Gasteiger partial charge in [-0.15, -0.1) is 11.3 Å². The predicted octanol–water partition coefficient (Wildman–Crippen LogP) is 6.70. The van der Waals surface area contributed by atoms with Crippen LogP contribution in [-0.2, 0) is 4.79 Å². The van der Waals surface area contributed by atoms with Crippen molar-refractivity contribution in [3.8, 4) is 11.1 Å². The molecule has 0 spiro atoms. The summed E-state index contributed by atoms with van der Waals surface area (Å²) in [6, 6.07) is 13.1. The monoisotopic (exact) mass is 459 g/mol. The Bertz CT molecular complexity index is 1190. The van der Waals surface area contributed by atoms with Crippen LogP contribution in [0.3, 0.4) is 0 Å². The first kappa shape index (κ1) is 20.2. The molecule has 0 radical (unpaired) electrons. The van der Waals surface area contributed by atoms with Crippen LogP contribution in [0, 0.1) is 6.92 Å². The van der Waals surface area contributed by atoms with E-state index in [4.69, 9.17) is 23.2 Å². The fraction of sp³-hybridized carbons (Fsp3) is 0.0952. The van der Waals surface area contributed by atoms with Crippen LogP contribution in [-0.4, -0.2) is 21.6 Å². The highest BCUT2D eigenvalue weighted by molar-refractivity contribution is 8.00. The molecule has 0 aliphatic heterocycles. The van der Waals surface area contributed by atoms with Crippen molar-refractivity contribution in [3.05, 3.63) is 69.8 Å². The van der Waals surface area contributed by atoms with Gasteiger partial charge in [-0.1, -0.05) is 53.2 Å². The molecule has 4 aromatic rings. The van der Waals surface area contributed by atoms with Crippen LogP contribution in [0.15, 0.2) is 59.2 Å². The number of carbonyl (C=O) groups excluding carboxylic acids is 1. The standard InChI is InChI=1S/C21H15Cl2N3OS2/c1-12-16(23)3-2-4-17(12)26-18(27)10-29-21-19-15(9-28-20(19)24-11-25-21)13-5-7-14(22)8-6-13/h2-9,11H,10H2,1H3,(H,26,27). The van der Waals surface area contributed by atoms with E-state index in [0.29, 0.717) is 15.7 Å². The van der Waals surface area contributed by atoms with Crippen molar-refractivity contribution in [1.82, 2.24) is 9.97 Å². The van der Waals surface area contributed by atoms with E-state index in [-0.39, 0.29) is 11.7 Å². The molecule has 1 N–H and O–H groups in total. The molecule has 2 aromatic heterocycles. The van der Waals surface area contributed by atoms with Gasteiger partial charge < -0.3 is 5.32 Å². The Morgan fingerprint density at radius 3 is 2.72 bits per heavy atom. The SMILES string of the molecule is Cc1c(Cl)cccc1NC(=O)CSc1ncnc2scc(-c3ccc(Cl)cc3)c12. The number of anilines is 1. The van der Waals surface area contributed by atoms with Crippen LogP contribution >= 0.6 is 46.3 Å². The maximum Gasteiger partial charge on any atom is 0.234 e. The van der Waals surface area contributed by atoms with Crippen molar-refractivity contribution in [2.24, 2.45) is 0 Å². The molecule has 2 heterocycles. The molecule has 0 aliphatic carbocycles. The van der Waals surface area contributed by atoms with Crippen molar-refractivity contribution in [2.75, 3.05) is 11.1 Å². The van der Waals surface area contributed by atoms with E-state index < -0.39 is 0 Å². The largest absolute Gasteiger partial charge is 0.325 e. The zero-order chi connectivity index (χ0) is 20.4. The molecule has 8 heteroatoms. The summed E-state index contributed by atoms with van der Waals surface area (Å²) in [5.74, 6) is 0.115. The Balaban J connectivity index is 1.56. The lowest BCUT2D eigenvalue weighted by Crippen LogP contribution is -2.15. The zero-order valence-corrected chi connectivity index (χ0v) is 18.4. The molecular formula is C21H15Cl2N3OS2. The highest BCUT2D eigenvalue weighted by atomic mass is 35.5. The molecule has 0 saturated heterocycles. The predicted molar refractivity (Wildman–Crippen MR) is 123 cm³/mol. The van der Waals surface area contributed by atoms with Crippen LogP contribution in [0.5, 0.6) is 0 Å². The van der Waals surface area contributed by atoms with Gasteiger partial charge in [0.15, 0.2) is 0 Å². The number of amides is 1. The van der Waals surface area contributed by atoms with Crippen molar-refractivity contribution < 1.29 is 4.79 Å². The number of nitrogens with one attached hydrogen (secondary N) is 1. The van der Waals surface area contributed by atoms with Crippen LogP contribution in [0.2, 0.25) is 10.0 Å². The third kappa shape index (κ3) is 4.41. The van der Waals surface area contributed by atoms with E-state index in [1.807, 2.05) is 43.3 Å². The summed E-state index contributed by atoms with van der Waals surface area (Å²) in [4.78, 5) is 22.2. The first-order chi connectivity index (χ1) is 14.0. The fourth-order valence-corrected chi connectivity index (χ4v) is 4.96. The minimum absolute atomic E-state index is 0.115. The Labute approximate surface area is 186 Å². The smallest absolute Gasteiger partial charge is 0.234 e. The quantitative estimate of drug-likeness (QED) is 0.266. The maximum atomic E-state index is 12.5. The number of fused-ring (bicyclic) bond motifs is 1. The number of rotatable bonds is 5. The van der Waals surface area contributed by atoms with Gasteiger partial charge in [0.05, 0.1) is 11.1 Å². The number of halogens is 2. The third-order valence-corrected chi connectivity index (χ3v) is 6.91. The molecule has 4 nitrogen and oxygen atoms in total. The summed E-state index contributed by atoms with van der Waals surface area (Å²) in [6.45, 7) is 1.88. The van der Waals surface area contributed by atoms with Gasteiger partial charge >= 0.3 is 0 Å². The zero-order valence-electron chi connectivity index (χ0n) is 15.3. The van der Waals surface area contributed by atoms with Gasteiger partial charge in [0.1, 0.15) is 16.2 Å². The molecule has 0 bridgehead atoms. The Kier molecular flexibility index (Phi) is 6.06. The first-order valence-electron chi connectivity index (χ1n) is 8.69. The molecule has 29 heavy (non-hydrogen) atoms. The number of thioether (sulfide) groups is 1. The lowest BCUT2D eigenvalue weighted by Gasteiger charge is -2.09. The van der Waals surface area contributed by atoms with E-state index in [9.17, 15) is 4.79 Å². The first-order valence-corrected chi connectivity index (χ1v) is 11.3. The highest BCUT2D eigenvalue weighted by Gasteiger charge is 2.15. The van der Waals surface area contributed by atoms with E-state index in [0.717, 1.165) is 31.9 Å². The van der Waals surface area contributed by atoms with Gasteiger partial charge in [0, 0.05) is 26.7 Å². The second kappa shape index (κ2) is 8.71. The van der Waals surface area contributed by atoms with Crippen molar-refractivity contribution >= 4 is 68.1 Å². The van der Waals surface area contributed by atoms with Crippen molar-refractivity contribution in [1.29, 1.82) is 0 Å². The second-order valence-electron chi connectivity index (χ2n) is 6.26. The summed E-state index contributed by atoms with van der Waals surface area (Å²) in [5, 5.41) is 8.02.